The number of aromatic nitrogens is 2. The fourth-order valence-corrected chi connectivity index (χ4v) is 3.58. The monoisotopic (exact) mass is 472 g/mol. The second kappa shape index (κ2) is 11.1. The number of urea groups is 1. The maximum absolute atomic E-state index is 12.4. The number of amides is 3. The molecule has 4 N–H and O–H groups in total. The smallest absolute Gasteiger partial charge is 0.324 e. The molecule has 0 saturated carbocycles. The molecule has 0 spiro atoms. The van der Waals surface area contributed by atoms with E-state index < -0.39 is 6.03 Å². The zero-order chi connectivity index (χ0) is 24.6. The van der Waals surface area contributed by atoms with E-state index in [0.717, 1.165) is 31.9 Å². The molecule has 1 fully saturated rings. The molecule has 0 unspecified atom stereocenters. The van der Waals surface area contributed by atoms with Crippen LogP contribution >= 0.6 is 0 Å². The van der Waals surface area contributed by atoms with Crippen molar-refractivity contribution in [2.24, 2.45) is 0 Å². The zero-order valence-electron chi connectivity index (χ0n) is 19.5. The Hall–Kier alpha value is -4.44. The average molecular weight is 473 g/mol. The number of nitrogens with zero attached hydrogens (tertiary/aromatic N) is 4. The van der Waals surface area contributed by atoms with Gasteiger partial charge in [-0.1, -0.05) is 12.6 Å². The minimum atomic E-state index is -0.474. The highest BCUT2D eigenvalue weighted by Crippen LogP contribution is 2.21. The van der Waals surface area contributed by atoms with Crippen LogP contribution in [0.2, 0.25) is 0 Å². The van der Waals surface area contributed by atoms with Crippen molar-refractivity contribution < 1.29 is 9.59 Å². The van der Waals surface area contributed by atoms with Gasteiger partial charge >= 0.3 is 6.03 Å². The highest BCUT2D eigenvalue weighted by atomic mass is 16.2. The molecule has 0 radical (unpaired) electrons. The molecule has 3 aromatic rings. The molecule has 180 valence electrons. The standard InChI is InChI=1S/C25H28N8O2/c1-3-23(34)27-19-5-4-6-20(17-19)29-25(35)31-22-11-12-26-24(30-22)28-18-7-9-21(10-8-18)33-15-13-32(2)14-16-33/h3-12,17H,1,13-16H2,2H3,(H,27,34)(H3,26,28,29,30,31,35). The van der Waals surface area contributed by atoms with Gasteiger partial charge in [0.25, 0.3) is 0 Å². The molecule has 35 heavy (non-hydrogen) atoms. The summed E-state index contributed by atoms with van der Waals surface area (Å²) in [7, 11) is 2.14. The van der Waals surface area contributed by atoms with E-state index in [1.54, 1.807) is 36.5 Å². The average Bonchev–Trinajstić information content (AvgIpc) is 2.85. The van der Waals surface area contributed by atoms with Gasteiger partial charge in [0.1, 0.15) is 5.82 Å². The van der Waals surface area contributed by atoms with Crippen LogP contribution in [0, 0.1) is 0 Å². The van der Waals surface area contributed by atoms with Crippen molar-refractivity contribution in [2.45, 2.75) is 0 Å². The molecule has 1 aliphatic rings. The third-order valence-corrected chi connectivity index (χ3v) is 5.46. The number of hydrogen-bond acceptors (Lipinski definition) is 7. The van der Waals surface area contributed by atoms with Crippen LogP contribution in [0.4, 0.5) is 39.3 Å². The minimum Gasteiger partial charge on any atom is -0.369 e. The molecule has 0 bridgehead atoms. The molecular weight excluding hydrogens is 444 g/mol. The van der Waals surface area contributed by atoms with Crippen LogP contribution in [-0.2, 0) is 4.79 Å². The quantitative estimate of drug-likeness (QED) is 0.387. The first-order chi connectivity index (χ1) is 17.0. The molecule has 3 amide bonds. The molecule has 2 aromatic carbocycles. The van der Waals surface area contributed by atoms with Gasteiger partial charge in [0.15, 0.2) is 0 Å². The van der Waals surface area contributed by atoms with Crippen LogP contribution in [0.25, 0.3) is 0 Å². The lowest BCUT2D eigenvalue weighted by Crippen LogP contribution is -2.44. The Morgan fingerprint density at radius 3 is 2.34 bits per heavy atom. The number of rotatable bonds is 7. The Labute approximate surface area is 204 Å². The van der Waals surface area contributed by atoms with Gasteiger partial charge in [0, 0.05) is 55.1 Å². The Kier molecular flexibility index (Phi) is 7.53. The van der Waals surface area contributed by atoms with Gasteiger partial charge in [-0.2, -0.15) is 4.98 Å². The molecule has 1 aromatic heterocycles. The van der Waals surface area contributed by atoms with E-state index in [1.165, 1.54) is 11.8 Å². The van der Waals surface area contributed by atoms with E-state index >= 15 is 0 Å². The first kappa shape index (κ1) is 23.7. The van der Waals surface area contributed by atoms with Crippen LogP contribution < -0.4 is 26.2 Å². The fraction of sp³-hybridized carbons (Fsp3) is 0.200. The summed E-state index contributed by atoms with van der Waals surface area (Å²) < 4.78 is 0. The maximum atomic E-state index is 12.4. The maximum Gasteiger partial charge on any atom is 0.324 e. The van der Waals surface area contributed by atoms with Gasteiger partial charge in [-0.25, -0.2) is 9.78 Å². The van der Waals surface area contributed by atoms with Crippen molar-refractivity contribution in [1.82, 2.24) is 14.9 Å². The first-order valence-electron chi connectivity index (χ1n) is 11.2. The molecule has 2 heterocycles. The molecule has 10 nitrogen and oxygen atoms in total. The van der Waals surface area contributed by atoms with Crippen LogP contribution in [0.3, 0.4) is 0 Å². The van der Waals surface area contributed by atoms with Crippen LogP contribution in [0.5, 0.6) is 0 Å². The lowest BCUT2D eigenvalue weighted by atomic mass is 10.2. The van der Waals surface area contributed by atoms with Crippen LogP contribution in [-0.4, -0.2) is 60.0 Å². The number of carbonyl (C=O) groups excluding carboxylic acids is 2. The number of piperazine rings is 1. The van der Waals surface area contributed by atoms with Gasteiger partial charge in [-0.05, 0) is 61.7 Å². The summed E-state index contributed by atoms with van der Waals surface area (Å²) in [4.78, 5) is 37.2. The van der Waals surface area contributed by atoms with Crippen LogP contribution in [0.1, 0.15) is 0 Å². The van der Waals surface area contributed by atoms with Crippen LogP contribution in [0.15, 0.2) is 73.4 Å². The Balaban J connectivity index is 1.33. The van der Waals surface area contributed by atoms with Gasteiger partial charge < -0.3 is 25.8 Å². The molecular formula is C25H28N8O2. The topological polar surface area (TPSA) is 115 Å². The molecule has 0 aliphatic carbocycles. The van der Waals surface area contributed by atoms with Crippen molar-refractivity contribution in [3.8, 4) is 0 Å². The second-order valence-electron chi connectivity index (χ2n) is 8.08. The largest absolute Gasteiger partial charge is 0.369 e. The summed E-state index contributed by atoms with van der Waals surface area (Å²) in [5, 5.41) is 11.2. The van der Waals surface area contributed by atoms with Gasteiger partial charge in [-0.15, -0.1) is 0 Å². The van der Waals surface area contributed by atoms with E-state index in [4.69, 9.17) is 0 Å². The molecule has 10 heteroatoms. The van der Waals surface area contributed by atoms with Crippen molar-refractivity contribution in [3.05, 3.63) is 73.4 Å². The summed E-state index contributed by atoms with van der Waals surface area (Å²) in [6.07, 6.45) is 2.74. The first-order valence-corrected chi connectivity index (χ1v) is 11.2. The zero-order valence-corrected chi connectivity index (χ0v) is 19.5. The fourth-order valence-electron chi connectivity index (χ4n) is 3.58. The number of hydrogen-bond donors (Lipinski definition) is 4. The SMILES string of the molecule is C=CC(=O)Nc1cccc(NC(=O)Nc2ccnc(Nc3ccc(N4CCN(C)CC4)cc3)n2)c1. The number of likely N-dealkylation sites (N-methyl/N-ethyl adjacent to an activating group) is 1. The minimum absolute atomic E-state index is 0.332. The third kappa shape index (κ3) is 6.78. The highest BCUT2D eigenvalue weighted by molar-refractivity contribution is 6.01. The van der Waals surface area contributed by atoms with Crippen molar-refractivity contribution >= 4 is 46.5 Å². The number of carbonyl (C=O) groups is 2. The van der Waals surface area contributed by atoms with E-state index in [2.05, 4.69) is 66.8 Å². The van der Waals surface area contributed by atoms with Gasteiger partial charge in [0.2, 0.25) is 11.9 Å². The number of nitrogens with one attached hydrogen (secondary N) is 4. The van der Waals surface area contributed by atoms with E-state index in [1.807, 2.05) is 12.1 Å². The van der Waals surface area contributed by atoms with Gasteiger partial charge in [0.05, 0.1) is 0 Å². The Morgan fingerprint density at radius 1 is 0.914 bits per heavy atom. The summed E-state index contributed by atoms with van der Waals surface area (Å²) in [5.41, 5.74) is 3.09. The molecule has 1 saturated heterocycles. The highest BCUT2D eigenvalue weighted by Gasteiger charge is 2.14. The lowest BCUT2D eigenvalue weighted by Gasteiger charge is -2.34. The predicted octanol–water partition coefficient (Wildman–Crippen LogP) is 3.74. The Morgan fingerprint density at radius 2 is 1.63 bits per heavy atom. The van der Waals surface area contributed by atoms with Crippen molar-refractivity contribution in [3.63, 3.8) is 0 Å². The lowest BCUT2D eigenvalue weighted by molar-refractivity contribution is -0.111. The van der Waals surface area contributed by atoms with E-state index in [-0.39, 0.29) is 5.91 Å². The second-order valence-corrected chi connectivity index (χ2v) is 8.08. The number of anilines is 6. The normalized spacial score (nSPS) is 13.6. The van der Waals surface area contributed by atoms with Gasteiger partial charge in [-0.3, -0.25) is 10.1 Å². The summed E-state index contributed by atoms with van der Waals surface area (Å²) in [6, 6.07) is 16.0. The van der Waals surface area contributed by atoms with Crippen molar-refractivity contribution in [2.75, 3.05) is 59.4 Å². The molecule has 4 rings (SSSR count). The number of benzene rings is 2. The Bertz CT molecular complexity index is 1190. The van der Waals surface area contributed by atoms with E-state index in [0.29, 0.717) is 23.1 Å². The molecule has 1 aliphatic heterocycles. The summed E-state index contributed by atoms with van der Waals surface area (Å²) >= 11 is 0. The predicted molar refractivity (Wildman–Crippen MR) is 139 cm³/mol. The summed E-state index contributed by atoms with van der Waals surface area (Å²) in [6.45, 7) is 7.55. The third-order valence-electron chi connectivity index (χ3n) is 5.46. The molecule has 0 atom stereocenters. The van der Waals surface area contributed by atoms with E-state index in [9.17, 15) is 9.59 Å². The summed E-state index contributed by atoms with van der Waals surface area (Å²) in [5.74, 6) is 0.371. The van der Waals surface area contributed by atoms with Crippen molar-refractivity contribution in [1.29, 1.82) is 0 Å².